The van der Waals surface area contributed by atoms with Crippen molar-refractivity contribution in [2.24, 2.45) is 0 Å². The van der Waals surface area contributed by atoms with Gasteiger partial charge in [-0.1, -0.05) is 6.92 Å². The first-order valence-corrected chi connectivity index (χ1v) is 17.1. The Morgan fingerprint density at radius 1 is 0.360 bits per heavy atom. The third kappa shape index (κ3) is 4.83. The minimum atomic E-state index is -2.44. The number of hydrogen-bond acceptors (Lipinski definition) is 15. The monoisotopic (exact) mass is 726 g/mol. The molecule has 0 amide bonds. The Hall–Kier alpha value is -0.600. The van der Waals surface area contributed by atoms with Gasteiger partial charge in [0, 0.05) is 7.11 Å². The SMILES string of the molecule is CCC1(C)OC(C)(OCC2(C)OC(C)(OCC3(C)OC(C)(OC)C(C)(O)C(C)(O)C3(C)O)C(C)(O)C(C)(O)C2(C)O)C(C)(O)C(C)(O)C1(C)O. The second kappa shape index (κ2) is 11.2. The van der Waals surface area contributed by atoms with E-state index >= 15 is 0 Å². The summed E-state index contributed by atoms with van der Waals surface area (Å²) < 4.78 is 37.0. The van der Waals surface area contributed by atoms with Crippen molar-refractivity contribution in [2.75, 3.05) is 20.3 Å². The Kier molecular flexibility index (Phi) is 9.84. The third-order valence-electron chi connectivity index (χ3n) is 15.0. The summed E-state index contributed by atoms with van der Waals surface area (Å²) in [6.45, 7) is 20.0. The third-order valence-corrected chi connectivity index (χ3v) is 15.0. The van der Waals surface area contributed by atoms with E-state index < -0.39 is 97.8 Å². The Morgan fingerprint density at radius 3 is 0.880 bits per heavy atom. The van der Waals surface area contributed by atoms with Crippen LogP contribution in [0.3, 0.4) is 0 Å². The molecule has 15 heteroatoms. The summed E-state index contributed by atoms with van der Waals surface area (Å²) in [5, 5.41) is 106. The average Bonchev–Trinajstić information content (AvgIpc) is 2.96. The quantitative estimate of drug-likeness (QED) is 0.164. The summed E-state index contributed by atoms with van der Waals surface area (Å²) >= 11 is 0. The first kappa shape index (κ1) is 43.8. The van der Waals surface area contributed by atoms with Crippen molar-refractivity contribution in [1.82, 2.24) is 0 Å². The van der Waals surface area contributed by atoms with Gasteiger partial charge in [0.1, 0.15) is 61.6 Å². The minimum absolute atomic E-state index is 0.190. The molecule has 3 aliphatic heterocycles. The standard InChI is InChI=1S/C35H66O15/c1-18-21(2)24(5,36)27(8,39)31(12,43)34(15,48-21)46-20-23(4)26(7,38)29(10,41)32(13,44)35(16,50-23)47-19-22(3)25(6,37)28(9,40)30(11,42)33(14,45-17)49-22/h36-44H,18-20H2,1-17H3. The van der Waals surface area contributed by atoms with Gasteiger partial charge in [-0.2, -0.15) is 0 Å². The smallest absolute Gasteiger partial charge is 0.198 e. The van der Waals surface area contributed by atoms with Crippen LogP contribution in [0.1, 0.15) is 117 Å². The molecule has 3 rings (SSSR count). The van der Waals surface area contributed by atoms with Gasteiger partial charge in [-0.25, -0.2) is 0 Å². The molecule has 9 N–H and O–H groups in total. The molecule has 15 unspecified atom stereocenters. The van der Waals surface area contributed by atoms with E-state index in [0.29, 0.717) is 0 Å². The number of ether oxygens (including phenoxy) is 6. The maximum atomic E-state index is 12.0. The molecule has 3 saturated heterocycles. The van der Waals surface area contributed by atoms with E-state index in [-0.39, 0.29) is 6.42 Å². The molecule has 0 bridgehead atoms. The van der Waals surface area contributed by atoms with Crippen molar-refractivity contribution >= 4 is 0 Å². The highest BCUT2D eigenvalue weighted by atomic mass is 16.8. The first-order valence-electron chi connectivity index (χ1n) is 17.1. The van der Waals surface area contributed by atoms with Crippen molar-refractivity contribution in [3.63, 3.8) is 0 Å². The zero-order chi connectivity index (χ0) is 39.9. The molecular formula is C35H66O15. The summed E-state index contributed by atoms with van der Waals surface area (Å²) in [4.78, 5) is 0. The van der Waals surface area contributed by atoms with E-state index in [4.69, 9.17) is 28.4 Å². The second-order valence-electron chi connectivity index (χ2n) is 17.6. The molecule has 296 valence electrons. The highest BCUT2D eigenvalue weighted by Gasteiger charge is 2.79. The number of rotatable bonds is 8. The van der Waals surface area contributed by atoms with E-state index in [1.807, 2.05) is 0 Å². The summed E-state index contributed by atoms with van der Waals surface area (Å²) in [6.07, 6.45) is 0.190. The van der Waals surface area contributed by atoms with E-state index in [2.05, 4.69) is 0 Å². The van der Waals surface area contributed by atoms with Crippen LogP contribution in [0, 0.1) is 0 Å². The van der Waals surface area contributed by atoms with Gasteiger partial charge in [-0.3, -0.25) is 0 Å². The molecular weight excluding hydrogens is 660 g/mol. The molecule has 0 saturated carbocycles. The number of hydrogen-bond donors (Lipinski definition) is 9. The molecule has 0 radical (unpaired) electrons. The topological polar surface area (TPSA) is 237 Å². The van der Waals surface area contributed by atoms with E-state index in [1.54, 1.807) is 13.8 Å². The summed E-state index contributed by atoms with van der Waals surface area (Å²) in [5.74, 6) is -6.21. The summed E-state index contributed by atoms with van der Waals surface area (Å²) in [6, 6.07) is 0. The Morgan fingerprint density at radius 2 is 0.600 bits per heavy atom. The highest BCUT2D eigenvalue weighted by molar-refractivity contribution is 5.25. The van der Waals surface area contributed by atoms with Gasteiger partial charge in [-0.05, 0) is 110 Å². The van der Waals surface area contributed by atoms with Gasteiger partial charge in [0.25, 0.3) is 0 Å². The van der Waals surface area contributed by atoms with Crippen LogP contribution < -0.4 is 0 Å². The van der Waals surface area contributed by atoms with Gasteiger partial charge in [-0.15, -0.1) is 0 Å². The second-order valence-corrected chi connectivity index (χ2v) is 17.6. The molecule has 15 nitrogen and oxygen atoms in total. The lowest BCUT2D eigenvalue weighted by Gasteiger charge is -2.68. The number of methoxy groups -OCH3 is 1. The molecule has 50 heavy (non-hydrogen) atoms. The zero-order valence-corrected chi connectivity index (χ0v) is 33.1. The van der Waals surface area contributed by atoms with Crippen molar-refractivity contribution in [2.45, 2.75) is 202 Å². The molecule has 0 aromatic heterocycles. The molecule has 0 spiro atoms. The van der Waals surface area contributed by atoms with Crippen LogP contribution in [0.25, 0.3) is 0 Å². The molecule has 0 aliphatic carbocycles. The van der Waals surface area contributed by atoms with E-state index in [1.165, 1.54) is 104 Å². The van der Waals surface area contributed by atoms with Gasteiger partial charge in [0.05, 0.1) is 18.8 Å². The van der Waals surface area contributed by atoms with Gasteiger partial charge in [0.2, 0.25) is 0 Å². The largest absolute Gasteiger partial charge is 0.384 e. The maximum absolute atomic E-state index is 12.0. The predicted octanol–water partition coefficient (Wildman–Crippen LogP) is 0.350. The van der Waals surface area contributed by atoms with Gasteiger partial charge in [0.15, 0.2) is 17.4 Å². The molecule has 0 aromatic carbocycles. The van der Waals surface area contributed by atoms with Crippen LogP contribution in [0.15, 0.2) is 0 Å². The molecule has 0 aromatic rings. The van der Waals surface area contributed by atoms with Crippen molar-refractivity contribution in [3.05, 3.63) is 0 Å². The van der Waals surface area contributed by atoms with Crippen LogP contribution in [0.4, 0.5) is 0 Å². The Bertz CT molecular complexity index is 1220. The molecule has 3 heterocycles. The van der Waals surface area contributed by atoms with Crippen LogP contribution in [-0.4, -0.2) is 151 Å². The normalized spacial score (nSPS) is 62.0. The number of aliphatic hydroxyl groups is 9. The van der Waals surface area contributed by atoms with E-state index in [9.17, 15) is 46.0 Å². The lowest BCUT2D eigenvalue weighted by atomic mass is 9.60. The van der Waals surface area contributed by atoms with E-state index in [0.717, 1.165) is 0 Å². The maximum Gasteiger partial charge on any atom is 0.198 e. The summed E-state index contributed by atoms with van der Waals surface area (Å²) in [5.41, 5.74) is -25.7. The Balaban J connectivity index is 2.10. The molecule has 15 atom stereocenters. The van der Waals surface area contributed by atoms with Crippen molar-refractivity contribution in [1.29, 1.82) is 0 Å². The van der Waals surface area contributed by atoms with Crippen molar-refractivity contribution < 1.29 is 74.4 Å². The van der Waals surface area contributed by atoms with Gasteiger partial charge < -0.3 is 74.4 Å². The van der Waals surface area contributed by atoms with Crippen molar-refractivity contribution in [3.8, 4) is 0 Å². The fourth-order valence-electron chi connectivity index (χ4n) is 8.07. The summed E-state index contributed by atoms with van der Waals surface area (Å²) in [7, 11) is 1.25. The van der Waals surface area contributed by atoms with Crippen LogP contribution in [0.5, 0.6) is 0 Å². The minimum Gasteiger partial charge on any atom is -0.384 e. The van der Waals surface area contributed by atoms with Crippen LogP contribution in [-0.2, 0) is 28.4 Å². The highest BCUT2D eigenvalue weighted by Crippen LogP contribution is 2.59. The first-order chi connectivity index (χ1) is 21.7. The lowest BCUT2D eigenvalue weighted by Crippen LogP contribution is -2.87. The fourth-order valence-corrected chi connectivity index (χ4v) is 8.07. The zero-order valence-electron chi connectivity index (χ0n) is 33.1. The average molecular weight is 727 g/mol. The Labute approximate surface area is 296 Å². The van der Waals surface area contributed by atoms with Gasteiger partial charge >= 0.3 is 0 Å². The fraction of sp³-hybridized carbons (Fsp3) is 1.00. The predicted molar refractivity (Wildman–Crippen MR) is 179 cm³/mol. The molecule has 3 fully saturated rings. The van der Waals surface area contributed by atoms with Crippen LogP contribution >= 0.6 is 0 Å². The van der Waals surface area contributed by atoms with Crippen LogP contribution in [0.2, 0.25) is 0 Å². The molecule has 3 aliphatic rings. The lowest BCUT2D eigenvalue weighted by molar-refractivity contribution is -0.492.